The Morgan fingerprint density at radius 3 is 2.60 bits per heavy atom. The van der Waals surface area contributed by atoms with Gasteiger partial charge in [0.25, 0.3) is 0 Å². The first-order chi connectivity index (χ1) is 12.1. The average molecular weight is 367 g/mol. The average Bonchev–Trinajstić information content (AvgIpc) is 3.19. The second kappa shape index (κ2) is 6.46. The molecule has 126 valence electrons. The summed E-state index contributed by atoms with van der Waals surface area (Å²) in [6.07, 6.45) is 1.79. The molecule has 2 N–H and O–H groups in total. The molecule has 1 aliphatic heterocycles. The van der Waals surface area contributed by atoms with E-state index in [9.17, 15) is 5.11 Å². The van der Waals surface area contributed by atoms with Crippen LogP contribution in [0.1, 0.15) is 27.5 Å². The van der Waals surface area contributed by atoms with Crippen LogP contribution in [0.15, 0.2) is 60.8 Å². The molecule has 0 saturated carbocycles. The third-order valence-electron chi connectivity index (χ3n) is 4.29. The molecule has 4 nitrogen and oxygen atoms in total. The Hall–Kier alpha value is -2.44. The number of anilines is 1. The maximum absolute atomic E-state index is 10.4. The van der Waals surface area contributed by atoms with Crippen molar-refractivity contribution in [3.8, 4) is 5.75 Å². The summed E-state index contributed by atoms with van der Waals surface area (Å²) in [5.74, 6) is 0.214. The first-order valence-corrected chi connectivity index (χ1v) is 9.22. The van der Waals surface area contributed by atoms with Gasteiger partial charge in [-0.25, -0.2) is 0 Å². The lowest BCUT2D eigenvalue weighted by atomic mass is 10.0. The molecule has 6 heteroatoms. The van der Waals surface area contributed by atoms with Crippen LogP contribution in [0.3, 0.4) is 0 Å². The molecule has 3 heterocycles. The molecule has 2 atom stereocenters. The van der Waals surface area contributed by atoms with Crippen LogP contribution in [0.2, 0.25) is 0 Å². The first kappa shape index (κ1) is 16.1. The predicted molar refractivity (Wildman–Crippen MR) is 105 cm³/mol. The van der Waals surface area contributed by atoms with Crippen molar-refractivity contribution in [2.24, 2.45) is 0 Å². The summed E-state index contributed by atoms with van der Waals surface area (Å²) in [5, 5.41) is 14.4. The molecule has 1 fully saturated rings. The predicted octanol–water partition coefficient (Wildman–Crippen LogP) is 4.33. The minimum atomic E-state index is -0.0774. The smallest absolute Gasteiger partial charge is 0.174 e. The number of rotatable bonds is 3. The van der Waals surface area contributed by atoms with Gasteiger partial charge in [0.1, 0.15) is 5.75 Å². The molecular weight excluding hydrogens is 350 g/mol. The standard InChI is InChI=1S/C19H17N3OS2/c1-12-9-10-16(25-12)18-17(13-6-4-5-11-20-13)21-19(24)22(18)14-7-2-3-8-15(14)23/h2-11,17-18,23H,1H3,(H,21,24). The number of hydrogen-bond donors (Lipinski definition) is 2. The largest absolute Gasteiger partial charge is 0.506 e. The Balaban J connectivity index is 1.85. The summed E-state index contributed by atoms with van der Waals surface area (Å²) in [6.45, 7) is 2.09. The van der Waals surface area contributed by atoms with Gasteiger partial charge in [-0.15, -0.1) is 11.3 Å². The van der Waals surface area contributed by atoms with Crippen LogP contribution >= 0.6 is 23.6 Å². The van der Waals surface area contributed by atoms with E-state index < -0.39 is 0 Å². The zero-order valence-electron chi connectivity index (χ0n) is 13.6. The van der Waals surface area contributed by atoms with Gasteiger partial charge >= 0.3 is 0 Å². The number of nitrogens with zero attached hydrogens (tertiary/aromatic N) is 2. The van der Waals surface area contributed by atoms with Gasteiger partial charge in [-0.1, -0.05) is 18.2 Å². The molecule has 0 bridgehead atoms. The lowest BCUT2D eigenvalue weighted by molar-refractivity contribution is 0.473. The second-order valence-electron chi connectivity index (χ2n) is 5.93. The molecule has 2 unspecified atom stereocenters. The summed E-state index contributed by atoms with van der Waals surface area (Å²) >= 11 is 7.36. The van der Waals surface area contributed by atoms with Gasteiger partial charge in [-0.2, -0.15) is 0 Å². The van der Waals surface area contributed by atoms with Crippen molar-refractivity contribution < 1.29 is 5.11 Å². The summed E-state index contributed by atoms with van der Waals surface area (Å²) in [7, 11) is 0. The number of benzene rings is 1. The number of nitrogens with one attached hydrogen (secondary N) is 1. The molecule has 4 rings (SSSR count). The normalized spacial score (nSPS) is 19.9. The van der Waals surface area contributed by atoms with Gasteiger partial charge in [0.05, 0.1) is 23.5 Å². The quantitative estimate of drug-likeness (QED) is 0.675. The highest BCUT2D eigenvalue weighted by Crippen LogP contribution is 2.45. The Bertz CT molecular complexity index is 910. The van der Waals surface area contributed by atoms with Gasteiger partial charge in [0.15, 0.2) is 5.11 Å². The summed E-state index contributed by atoms with van der Waals surface area (Å²) in [5.41, 5.74) is 1.63. The maximum atomic E-state index is 10.4. The van der Waals surface area contributed by atoms with Crippen LogP contribution in [-0.2, 0) is 0 Å². The molecule has 0 spiro atoms. The van der Waals surface area contributed by atoms with Crippen LogP contribution in [0.5, 0.6) is 5.75 Å². The first-order valence-electron chi connectivity index (χ1n) is 8.00. The fourth-order valence-electron chi connectivity index (χ4n) is 3.18. The molecule has 2 aromatic heterocycles. The van der Waals surface area contributed by atoms with E-state index >= 15 is 0 Å². The number of pyridine rings is 1. The van der Waals surface area contributed by atoms with E-state index in [0.717, 1.165) is 5.69 Å². The zero-order valence-corrected chi connectivity index (χ0v) is 15.2. The van der Waals surface area contributed by atoms with E-state index in [2.05, 4.69) is 29.4 Å². The summed E-state index contributed by atoms with van der Waals surface area (Å²) < 4.78 is 0. The lowest BCUT2D eigenvalue weighted by Crippen LogP contribution is -2.29. The molecule has 25 heavy (non-hydrogen) atoms. The molecule has 1 aliphatic rings. The van der Waals surface area contributed by atoms with Crippen molar-refractivity contribution in [3.05, 3.63) is 76.2 Å². The molecule has 3 aromatic rings. The number of thiophene rings is 1. The van der Waals surface area contributed by atoms with E-state index in [0.29, 0.717) is 10.8 Å². The highest BCUT2D eigenvalue weighted by molar-refractivity contribution is 7.80. The number of phenolic OH excluding ortho intramolecular Hbond substituents is 1. The van der Waals surface area contributed by atoms with Gasteiger partial charge < -0.3 is 15.3 Å². The van der Waals surface area contributed by atoms with Crippen LogP contribution in [0, 0.1) is 6.92 Å². The molecule has 1 saturated heterocycles. The lowest BCUT2D eigenvalue weighted by Gasteiger charge is -2.27. The molecule has 1 aromatic carbocycles. The maximum Gasteiger partial charge on any atom is 0.174 e. The topological polar surface area (TPSA) is 48.4 Å². The third-order valence-corrected chi connectivity index (χ3v) is 5.68. The van der Waals surface area contributed by atoms with Crippen LogP contribution in [0.4, 0.5) is 5.69 Å². The fraction of sp³-hybridized carbons (Fsp3) is 0.158. The minimum absolute atomic E-state index is 0.0607. The minimum Gasteiger partial charge on any atom is -0.506 e. The van der Waals surface area contributed by atoms with Gasteiger partial charge in [0.2, 0.25) is 0 Å². The van der Waals surface area contributed by atoms with E-state index in [-0.39, 0.29) is 17.8 Å². The van der Waals surface area contributed by atoms with Crippen molar-refractivity contribution in [1.82, 2.24) is 10.3 Å². The van der Waals surface area contributed by atoms with Crippen LogP contribution < -0.4 is 10.2 Å². The number of hydrogen-bond acceptors (Lipinski definition) is 4. The Morgan fingerprint density at radius 2 is 1.92 bits per heavy atom. The van der Waals surface area contributed by atoms with Crippen LogP contribution in [0.25, 0.3) is 0 Å². The molecule has 0 aliphatic carbocycles. The van der Waals surface area contributed by atoms with Crippen molar-refractivity contribution in [2.75, 3.05) is 4.90 Å². The van der Waals surface area contributed by atoms with E-state index in [1.54, 1.807) is 23.6 Å². The van der Waals surface area contributed by atoms with E-state index in [4.69, 9.17) is 12.2 Å². The molecular formula is C19H17N3OS2. The number of para-hydroxylation sites is 2. The highest BCUT2D eigenvalue weighted by Gasteiger charge is 2.42. The van der Waals surface area contributed by atoms with Gasteiger partial charge in [-0.3, -0.25) is 4.98 Å². The van der Waals surface area contributed by atoms with Crippen molar-refractivity contribution in [2.45, 2.75) is 19.0 Å². The SMILES string of the molecule is Cc1ccc(C2C(c3ccccn3)NC(=S)N2c2ccccc2O)s1. The van der Waals surface area contributed by atoms with Gasteiger partial charge in [-0.05, 0) is 55.5 Å². The summed E-state index contributed by atoms with van der Waals surface area (Å²) in [4.78, 5) is 8.94. The second-order valence-corrected chi connectivity index (χ2v) is 7.64. The van der Waals surface area contributed by atoms with Crippen molar-refractivity contribution in [3.63, 3.8) is 0 Å². The van der Waals surface area contributed by atoms with Crippen LogP contribution in [-0.4, -0.2) is 15.2 Å². The van der Waals surface area contributed by atoms with Crippen molar-refractivity contribution >= 4 is 34.4 Å². The summed E-state index contributed by atoms with van der Waals surface area (Å²) in [6, 6.07) is 17.3. The molecule has 0 radical (unpaired) electrons. The third kappa shape index (κ3) is 2.88. The zero-order chi connectivity index (χ0) is 17.4. The van der Waals surface area contributed by atoms with Gasteiger partial charge in [0, 0.05) is 16.0 Å². The number of thiocarbonyl (C=S) groups is 1. The van der Waals surface area contributed by atoms with E-state index in [1.807, 2.05) is 41.3 Å². The number of aromatic nitrogens is 1. The van der Waals surface area contributed by atoms with Crippen molar-refractivity contribution in [1.29, 1.82) is 0 Å². The fourth-order valence-corrected chi connectivity index (χ4v) is 4.53. The Kier molecular flexibility index (Phi) is 4.15. The highest BCUT2D eigenvalue weighted by atomic mass is 32.1. The number of aromatic hydroxyl groups is 1. The molecule has 0 amide bonds. The van der Waals surface area contributed by atoms with E-state index in [1.165, 1.54) is 9.75 Å². The Labute approximate surface area is 155 Å². The number of phenols is 1. The monoisotopic (exact) mass is 367 g/mol. The number of aryl methyl sites for hydroxylation is 1. The Morgan fingerprint density at radius 1 is 1.12 bits per heavy atom.